The van der Waals surface area contributed by atoms with Crippen LogP contribution in [0.2, 0.25) is 5.02 Å². The van der Waals surface area contributed by atoms with Gasteiger partial charge in [-0.1, -0.05) is 41.6 Å². The molecule has 0 unspecified atom stereocenters. The summed E-state index contributed by atoms with van der Waals surface area (Å²) in [5, 5.41) is 0.0145. The molecule has 0 radical (unpaired) electrons. The van der Waals surface area contributed by atoms with Crippen LogP contribution in [0, 0.1) is 5.82 Å². The highest BCUT2D eigenvalue weighted by atomic mass is 35.5. The Morgan fingerprint density at radius 2 is 2.00 bits per heavy atom. The Morgan fingerprint density at radius 3 is 2.72 bits per heavy atom. The molecule has 2 heterocycles. The van der Waals surface area contributed by atoms with Crippen molar-refractivity contribution in [3.8, 4) is 5.75 Å². The number of benzene rings is 2. The first-order valence-corrected chi connectivity index (χ1v) is 11.8. The number of carbonyl (C=O) groups excluding carboxylic acids is 1. The van der Waals surface area contributed by atoms with Crippen LogP contribution in [-0.2, 0) is 14.6 Å². The van der Waals surface area contributed by atoms with Crippen LogP contribution < -0.4 is 9.64 Å². The Morgan fingerprint density at radius 1 is 1.24 bits per heavy atom. The first-order chi connectivity index (χ1) is 13.8. The number of ether oxygens (including phenoxy) is 1. The Hall–Kier alpha value is -2.10. The number of aliphatic imine (C=N–C) groups is 1. The topological polar surface area (TPSA) is 76.0 Å². The number of rotatable bonds is 4. The van der Waals surface area contributed by atoms with Gasteiger partial charge in [0.1, 0.15) is 11.6 Å². The fraction of sp³-hybridized carbons (Fsp3) is 0.263. The van der Waals surface area contributed by atoms with E-state index in [1.165, 1.54) is 23.9 Å². The van der Waals surface area contributed by atoms with Crippen LogP contribution in [0.1, 0.15) is 0 Å². The summed E-state index contributed by atoms with van der Waals surface area (Å²) < 4.78 is 43.6. The number of amides is 1. The third kappa shape index (κ3) is 4.41. The molecule has 152 valence electrons. The predicted molar refractivity (Wildman–Crippen MR) is 112 cm³/mol. The van der Waals surface area contributed by atoms with Crippen LogP contribution in [0.25, 0.3) is 0 Å². The molecule has 0 aromatic heterocycles. The van der Waals surface area contributed by atoms with Crippen LogP contribution >= 0.6 is 23.4 Å². The second-order valence-corrected chi connectivity index (χ2v) is 10.4. The third-order valence-corrected chi connectivity index (χ3v) is 8.09. The molecule has 6 nitrogen and oxygen atoms in total. The van der Waals surface area contributed by atoms with Crippen LogP contribution in [0.3, 0.4) is 0 Å². The highest BCUT2D eigenvalue weighted by Crippen LogP contribution is 2.41. The van der Waals surface area contributed by atoms with Gasteiger partial charge in [0.25, 0.3) is 5.91 Å². The number of nitrogens with zero attached hydrogens (tertiary/aromatic N) is 2. The lowest BCUT2D eigenvalue weighted by molar-refractivity contribution is -0.119. The summed E-state index contributed by atoms with van der Waals surface area (Å²) in [6.45, 7) is -0.259. The standard InChI is InChI=1S/C19H16ClFN2O4S2/c20-14-7-6-12(8-15(14)21)23-16-10-29(25,26)11-17(16)28-19(23)22-18(24)9-27-13-4-2-1-3-5-13/h1-8,16-17H,9-11H2/t16-,17+/m0/s1. The fourth-order valence-electron chi connectivity index (χ4n) is 3.30. The van der Waals surface area contributed by atoms with E-state index in [0.29, 0.717) is 16.6 Å². The highest BCUT2D eigenvalue weighted by Gasteiger charge is 2.49. The first kappa shape index (κ1) is 20.2. The van der Waals surface area contributed by atoms with Gasteiger partial charge in [0.05, 0.1) is 22.6 Å². The zero-order valence-electron chi connectivity index (χ0n) is 15.0. The minimum atomic E-state index is -3.21. The molecule has 2 aliphatic rings. The maximum absolute atomic E-state index is 14.0. The Labute approximate surface area is 176 Å². The molecule has 0 aliphatic carbocycles. The Balaban J connectivity index is 1.59. The number of para-hydroxylation sites is 1. The average molecular weight is 455 g/mol. The molecule has 1 amide bonds. The maximum atomic E-state index is 14.0. The molecular formula is C19H16ClFN2O4S2. The lowest BCUT2D eigenvalue weighted by atomic mass is 10.2. The monoisotopic (exact) mass is 454 g/mol. The van der Waals surface area contributed by atoms with E-state index >= 15 is 0 Å². The van der Waals surface area contributed by atoms with Crippen molar-refractivity contribution in [2.75, 3.05) is 23.0 Å². The van der Waals surface area contributed by atoms with Gasteiger partial charge < -0.3 is 9.64 Å². The van der Waals surface area contributed by atoms with Gasteiger partial charge in [0.2, 0.25) is 0 Å². The van der Waals surface area contributed by atoms with Gasteiger partial charge in [-0.3, -0.25) is 4.79 Å². The summed E-state index contributed by atoms with van der Waals surface area (Å²) in [6, 6.07) is 12.6. The molecule has 2 aromatic rings. The molecule has 2 aromatic carbocycles. The maximum Gasteiger partial charge on any atom is 0.285 e. The van der Waals surface area contributed by atoms with Crippen LogP contribution in [0.15, 0.2) is 53.5 Å². The predicted octanol–water partition coefficient (Wildman–Crippen LogP) is 3.16. The molecule has 2 aliphatic heterocycles. The molecule has 0 bridgehead atoms. The van der Waals surface area contributed by atoms with E-state index in [1.54, 1.807) is 35.2 Å². The number of anilines is 1. The Bertz CT molecular complexity index is 1080. The van der Waals surface area contributed by atoms with E-state index in [9.17, 15) is 17.6 Å². The van der Waals surface area contributed by atoms with Crippen molar-refractivity contribution in [1.29, 1.82) is 0 Å². The smallest absolute Gasteiger partial charge is 0.285 e. The molecule has 2 fully saturated rings. The number of carbonyl (C=O) groups is 1. The second kappa shape index (κ2) is 7.97. The largest absolute Gasteiger partial charge is 0.484 e. The van der Waals surface area contributed by atoms with Gasteiger partial charge >= 0.3 is 0 Å². The van der Waals surface area contributed by atoms with Crippen molar-refractivity contribution in [2.45, 2.75) is 11.3 Å². The van der Waals surface area contributed by atoms with E-state index in [2.05, 4.69) is 4.99 Å². The summed E-state index contributed by atoms with van der Waals surface area (Å²) in [5.74, 6) is -0.694. The number of halogens is 2. The minimum Gasteiger partial charge on any atom is -0.484 e. The van der Waals surface area contributed by atoms with Gasteiger partial charge in [-0.2, -0.15) is 4.99 Å². The molecule has 2 saturated heterocycles. The molecule has 4 rings (SSSR count). The van der Waals surface area contributed by atoms with Gasteiger partial charge in [-0.15, -0.1) is 0 Å². The number of thioether (sulfide) groups is 1. The fourth-order valence-corrected chi connectivity index (χ4v) is 7.35. The summed E-state index contributed by atoms with van der Waals surface area (Å²) in [7, 11) is -3.21. The van der Waals surface area contributed by atoms with Gasteiger partial charge in [0, 0.05) is 10.9 Å². The third-order valence-electron chi connectivity index (χ3n) is 4.57. The molecule has 10 heteroatoms. The highest BCUT2D eigenvalue weighted by molar-refractivity contribution is 8.16. The molecular weight excluding hydrogens is 439 g/mol. The van der Waals surface area contributed by atoms with Crippen molar-refractivity contribution in [1.82, 2.24) is 0 Å². The Kier molecular flexibility index (Phi) is 5.54. The van der Waals surface area contributed by atoms with Gasteiger partial charge in [-0.05, 0) is 30.3 Å². The number of fused-ring (bicyclic) bond motifs is 1. The summed E-state index contributed by atoms with van der Waals surface area (Å²) in [4.78, 5) is 18.1. The molecule has 2 atom stereocenters. The zero-order valence-corrected chi connectivity index (χ0v) is 17.4. The average Bonchev–Trinajstić information content (AvgIpc) is 3.14. The van der Waals surface area contributed by atoms with E-state index in [1.807, 2.05) is 6.07 Å². The van der Waals surface area contributed by atoms with Crippen LogP contribution in [0.5, 0.6) is 5.75 Å². The van der Waals surface area contributed by atoms with Crippen molar-refractivity contribution >= 4 is 50.0 Å². The normalized spacial score (nSPS) is 23.9. The number of sulfone groups is 1. The summed E-state index contributed by atoms with van der Waals surface area (Å²) in [6.07, 6.45) is 0. The number of hydrogen-bond acceptors (Lipinski definition) is 5. The lowest BCUT2D eigenvalue weighted by Crippen LogP contribution is -2.38. The van der Waals surface area contributed by atoms with Crippen molar-refractivity contribution in [3.63, 3.8) is 0 Å². The van der Waals surface area contributed by atoms with Crippen LogP contribution in [-0.4, -0.2) is 48.9 Å². The van der Waals surface area contributed by atoms with E-state index in [4.69, 9.17) is 16.3 Å². The van der Waals surface area contributed by atoms with Crippen molar-refractivity contribution < 1.29 is 22.3 Å². The molecule has 0 spiro atoms. The zero-order chi connectivity index (χ0) is 20.6. The van der Waals surface area contributed by atoms with Crippen molar-refractivity contribution in [2.24, 2.45) is 4.99 Å². The van der Waals surface area contributed by atoms with Crippen LogP contribution in [0.4, 0.5) is 10.1 Å². The summed E-state index contributed by atoms with van der Waals surface area (Å²) in [5.41, 5.74) is 0.402. The molecule has 29 heavy (non-hydrogen) atoms. The van der Waals surface area contributed by atoms with Gasteiger partial charge in [-0.25, -0.2) is 12.8 Å². The molecule has 0 saturated carbocycles. The van der Waals surface area contributed by atoms with E-state index < -0.39 is 27.6 Å². The lowest BCUT2D eigenvalue weighted by Gasteiger charge is -2.24. The second-order valence-electron chi connectivity index (χ2n) is 6.66. The quantitative estimate of drug-likeness (QED) is 0.706. The number of amidine groups is 1. The van der Waals surface area contributed by atoms with Gasteiger partial charge in [0.15, 0.2) is 21.6 Å². The van der Waals surface area contributed by atoms with E-state index in [0.717, 1.165) is 0 Å². The number of hydrogen-bond donors (Lipinski definition) is 0. The van der Waals surface area contributed by atoms with E-state index in [-0.39, 0.29) is 28.4 Å². The summed E-state index contributed by atoms with van der Waals surface area (Å²) >= 11 is 6.98. The molecule has 0 N–H and O–H groups in total. The SMILES string of the molecule is O=C(COc1ccccc1)N=C1S[C@@H]2CS(=O)(=O)C[C@@H]2N1c1ccc(Cl)c(F)c1. The first-order valence-electron chi connectivity index (χ1n) is 8.73. The van der Waals surface area contributed by atoms with Crippen molar-refractivity contribution in [3.05, 3.63) is 59.4 Å². The minimum absolute atomic E-state index is 0.0113.